The summed E-state index contributed by atoms with van der Waals surface area (Å²) in [5.41, 5.74) is -0.332. The quantitative estimate of drug-likeness (QED) is 0.872. The van der Waals surface area contributed by atoms with Crippen LogP contribution in [0.1, 0.15) is 10.4 Å². The Morgan fingerprint density at radius 3 is 2.60 bits per heavy atom. The molecule has 0 aliphatic carbocycles. The molecule has 0 saturated carbocycles. The second-order valence-electron chi connectivity index (χ2n) is 4.34. The Morgan fingerprint density at radius 1 is 1.35 bits per heavy atom. The molecular weight excluding hydrogens is 270 g/mol. The van der Waals surface area contributed by atoms with E-state index < -0.39 is 17.5 Å². The van der Waals surface area contributed by atoms with E-state index in [-0.39, 0.29) is 23.9 Å². The van der Waals surface area contributed by atoms with E-state index in [1.165, 1.54) is 7.05 Å². The van der Waals surface area contributed by atoms with E-state index in [1.54, 1.807) is 0 Å². The molecule has 1 atom stereocenters. The lowest BCUT2D eigenvalue weighted by Crippen LogP contribution is -2.39. The van der Waals surface area contributed by atoms with Crippen molar-refractivity contribution in [1.82, 2.24) is 5.32 Å². The van der Waals surface area contributed by atoms with Crippen LogP contribution in [0.4, 0.5) is 14.5 Å². The summed E-state index contributed by atoms with van der Waals surface area (Å²) >= 11 is 0. The molecule has 1 aliphatic rings. The number of benzene rings is 1. The second-order valence-corrected chi connectivity index (χ2v) is 4.34. The molecule has 1 unspecified atom stereocenters. The Labute approximate surface area is 115 Å². The Morgan fingerprint density at radius 2 is 2.05 bits per heavy atom. The third-order valence-electron chi connectivity index (χ3n) is 2.93. The van der Waals surface area contributed by atoms with Gasteiger partial charge < -0.3 is 20.1 Å². The van der Waals surface area contributed by atoms with Crippen molar-refractivity contribution in [2.45, 2.75) is 6.10 Å². The molecule has 2 N–H and O–H groups in total. The monoisotopic (exact) mass is 286 g/mol. The minimum atomic E-state index is -0.810. The highest BCUT2D eigenvalue weighted by Gasteiger charge is 2.18. The molecule has 0 bridgehead atoms. The maximum atomic E-state index is 13.5. The molecule has 1 aromatic carbocycles. The number of rotatable bonds is 4. The molecule has 0 radical (unpaired) electrons. The van der Waals surface area contributed by atoms with Gasteiger partial charge in [0, 0.05) is 19.2 Å². The number of nitrogens with one attached hydrogen (secondary N) is 2. The fourth-order valence-corrected chi connectivity index (χ4v) is 1.91. The van der Waals surface area contributed by atoms with Crippen molar-refractivity contribution in [1.29, 1.82) is 0 Å². The molecule has 5 nitrogen and oxygen atoms in total. The van der Waals surface area contributed by atoms with E-state index in [2.05, 4.69) is 10.6 Å². The van der Waals surface area contributed by atoms with Gasteiger partial charge in [-0.3, -0.25) is 4.79 Å². The third kappa shape index (κ3) is 3.43. The maximum Gasteiger partial charge on any atom is 0.251 e. The molecule has 7 heteroatoms. The zero-order valence-corrected chi connectivity index (χ0v) is 11.0. The van der Waals surface area contributed by atoms with Gasteiger partial charge in [-0.25, -0.2) is 8.78 Å². The van der Waals surface area contributed by atoms with Gasteiger partial charge in [-0.05, 0) is 12.1 Å². The van der Waals surface area contributed by atoms with E-state index in [4.69, 9.17) is 9.47 Å². The van der Waals surface area contributed by atoms with Crippen LogP contribution in [-0.2, 0) is 9.47 Å². The normalized spacial score (nSPS) is 18.6. The first-order chi connectivity index (χ1) is 9.61. The van der Waals surface area contributed by atoms with Crippen LogP contribution >= 0.6 is 0 Å². The van der Waals surface area contributed by atoms with Crippen LogP contribution in [0.15, 0.2) is 12.1 Å². The average Bonchev–Trinajstić information content (AvgIpc) is 2.45. The number of anilines is 1. The summed E-state index contributed by atoms with van der Waals surface area (Å²) in [6, 6.07) is 1.98. The fraction of sp³-hybridized carbons (Fsp3) is 0.462. The molecule has 0 spiro atoms. The first-order valence-corrected chi connectivity index (χ1v) is 6.26. The van der Waals surface area contributed by atoms with Gasteiger partial charge in [0.1, 0.15) is 17.3 Å². The predicted molar refractivity (Wildman–Crippen MR) is 68.8 cm³/mol. The van der Waals surface area contributed by atoms with Crippen LogP contribution in [-0.4, -0.2) is 45.4 Å². The molecular formula is C13H16F2N2O3. The highest BCUT2D eigenvalue weighted by atomic mass is 19.1. The van der Waals surface area contributed by atoms with Gasteiger partial charge in [0.05, 0.1) is 25.9 Å². The first kappa shape index (κ1) is 14.7. The number of amides is 1. The van der Waals surface area contributed by atoms with E-state index in [9.17, 15) is 13.6 Å². The first-order valence-electron chi connectivity index (χ1n) is 6.26. The smallest absolute Gasteiger partial charge is 0.251 e. The van der Waals surface area contributed by atoms with E-state index in [1.807, 2.05) is 0 Å². The molecule has 1 amide bonds. The summed E-state index contributed by atoms with van der Waals surface area (Å²) in [6.45, 7) is 1.63. The Hall–Kier alpha value is -1.73. The molecule has 1 fully saturated rings. The van der Waals surface area contributed by atoms with Gasteiger partial charge in [0.25, 0.3) is 5.91 Å². The van der Waals surface area contributed by atoms with Crippen molar-refractivity contribution in [2.24, 2.45) is 0 Å². The predicted octanol–water partition coefficient (Wildman–Crippen LogP) is 1.15. The SMILES string of the molecule is CNc1c(F)cc(C(=O)NCC2COCCO2)cc1F. The Bertz CT molecular complexity index is 467. The molecule has 1 heterocycles. The van der Waals surface area contributed by atoms with Crippen LogP contribution in [0.5, 0.6) is 0 Å². The number of carbonyl (C=O) groups excluding carboxylic acids is 1. The lowest BCUT2D eigenvalue weighted by Gasteiger charge is -2.23. The highest BCUT2D eigenvalue weighted by molar-refractivity contribution is 5.94. The number of hydrogen-bond acceptors (Lipinski definition) is 4. The van der Waals surface area contributed by atoms with Crippen molar-refractivity contribution in [3.8, 4) is 0 Å². The van der Waals surface area contributed by atoms with Gasteiger partial charge in [-0.2, -0.15) is 0 Å². The minimum Gasteiger partial charge on any atom is -0.383 e. The van der Waals surface area contributed by atoms with Crippen molar-refractivity contribution < 1.29 is 23.0 Å². The van der Waals surface area contributed by atoms with Gasteiger partial charge in [0.15, 0.2) is 0 Å². The number of ether oxygens (including phenoxy) is 2. The molecule has 110 valence electrons. The number of hydrogen-bond donors (Lipinski definition) is 2. The average molecular weight is 286 g/mol. The Kier molecular flexibility index (Phi) is 4.86. The summed E-state index contributed by atoms with van der Waals surface area (Å²) in [6.07, 6.45) is -0.237. The van der Waals surface area contributed by atoms with Crippen LogP contribution in [0.2, 0.25) is 0 Å². The molecule has 1 saturated heterocycles. The van der Waals surface area contributed by atoms with Gasteiger partial charge in [-0.1, -0.05) is 0 Å². The van der Waals surface area contributed by atoms with Crippen molar-refractivity contribution >= 4 is 11.6 Å². The Balaban J connectivity index is 1.98. The molecule has 1 aliphatic heterocycles. The summed E-state index contributed by atoms with van der Waals surface area (Å²) in [4.78, 5) is 11.8. The molecule has 2 rings (SSSR count). The molecule has 20 heavy (non-hydrogen) atoms. The largest absolute Gasteiger partial charge is 0.383 e. The van der Waals surface area contributed by atoms with Crippen molar-refractivity contribution in [3.05, 3.63) is 29.3 Å². The van der Waals surface area contributed by atoms with E-state index in [0.717, 1.165) is 12.1 Å². The van der Waals surface area contributed by atoms with Gasteiger partial charge in [0.2, 0.25) is 0 Å². The third-order valence-corrected chi connectivity index (χ3v) is 2.93. The fourth-order valence-electron chi connectivity index (χ4n) is 1.91. The summed E-state index contributed by atoms with van der Waals surface area (Å²) in [5.74, 6) is -2.18. The highest BCUT2D eigenvalue weighted by Crippen LogP contribution is 2.20. The van der Waals surface area contributed by atoms with Crippen molar-refractivity contribution in [3.63, 3.8) is 0 Å². The van der Waals surface area contributed by atoms with Crippen LogP contribution in [0, 0.1) is 11.6 Å². The topological polar surface area (TPSA) is 59.6 Å². The summed E-state index contributed by atoms with van der Waals surface area (Å²) in [7, 11) is 1.40. The standard InChI is InChI=1S/C13H16F2N2O3/c1-16-12-10(14)4-8(5-11(12)15)13(18)17-6-9-7-19-2-3-20-9/h4-5,9,16H,2-3,6-7H2,1H3,(H,17,18). The van der Waals surface area contributed by atoms with Gasteiger partial charge in [-0.15, -0.1) is 0 Å². The van der Waals surface area contributed by atoms with Crippen LogP contribution < -0.4 is 10.6 Å². The zero-order valence-electron chi connectivity index (χ0n) is 11.0. The van der Waals surface area contributed by atoms with Crippen molar-refractivity contribution in [2.75, 3.05) is 38.7 Å². The van der Waals surface area contributed by atoms with Gasteiger partial charge >= 0.3 is 0 Å². The summed E-state index contributed by atoms with van der Waals surface area (Å²) < 4.78 is 37.6. The van der Waals surface area contributed by atoms with Crippen LogP contribution in [0.25, 0.3) is 0 Å². The van der Waals surface area contributed by atoms with E-state index >= 15 is 0 Å². The maximum absolute atomic E-state index is 13.5. The minimum absolute atomic E-state index is 0.0734. The lowest BCUT2D eigenvalue weighted by atomic mass is 10.1. The molecule has 0 aromatic heterocycles. The lowest BCUT2D eigenvalue weighted by molar-refractivity contribution is -0.0855. The second kappa shape index (κ2) is 6.62. The number of halogens is 2. The van der Waals surface area contributed by atoms with E-state index in [0.29, 0.717) is 19.8 Å². The number of carbonyl (C=O) groups is 1. The molecule has 1 aromatic rings. The summed E-state index contributed by atoms with van der Waals surface area (Å²) in [5, 5.41) is 4.96. The van der Waals surface area contributed by atoms with Crippen LogP contribution in [0.3, 0.4) is 0 Å². The zero-order chi connectivity index (χ0) is 14.5.